The van der Waals surface area contributed by atoms with Gasteiger partial charge in [-0.2, -0.15) is 0 Å². The van der Waals surface area contributed by atoms with Crippen LogP contribution in [0.25, 0.3) is 0 Å². The van der Waals surface area contributed by atoms with Gasteiger partial charge in [0.05, 0.1) is 17.8 Å². The van der Waals surface area contributed by atoms with Gasteiger partial charge in [0.25, 0.3) is 5.91 Å². The topological polar surface area (TPSA) is 42.0 Å². The molecular weight excluding hydrogens is 299 g/mol. The van der Waals surface area contributed by atoms with Crippen LogP contribution in [0.1, 0.15) is 16.1 Å². The van der Waals surface area contributed by atoms with Crippen molar-refractivity contribution in [2.45, 2.75) is 6.54 Å². The zero-order chi connectivity index (χ0) is 13.0. The van der Waals surface area contributed by atoms with E-state index in [-0.39, 0.29) is 11.7 Å². The minimum absolute atomic E-state index is 0.271. The van der Waals surface area contributed by atoms with Crippen molar-refractivity contribution in [3.8, 4) is 0 Å². The zero-order valence-corrected chi connectivity index (χ0v) is 10.9. The van der Waals surface area contributed by atoms with Crippen molar-refractivity contribution in [1.29, 1.82) is 0 Å². The lowest BCUT2D eigenvalue weighted by Gasteiger charge is -2.06. The molecule has 18 heavy (non-hydrogen) atoms. The highest BCUT2D eigenvalue weighted by molar-refractivity contribution is 9.10. The summed E-state index contributed by atoms with van der Waals surface area (Å²) in [7, 11) is 0. The van der Waals surface area contributed by atoms with Crippen LogP contribution in [0.5, 0.6) is 0 Å². The fourth-order valence-electron chi connectivity index (χ4n) is 1.44. The molecule has 0 radical (unpaired) electrons. The van der Waals surface area contributed by atoms with Crippen molar-refractivity contribution in [3.05, 3.63) is 64.1 Å². The molecular formula is C13H10BrFN2O. The summed E-state index contributed by atoms with van der Waals surface area (Å²) in [6, 6.07) is 9.42. The van der Waals surface area contributed by atoms with Crippen molar-refractivity contribution in [1.82, 2.24) is 10.3 Å². The fraction of sp³-hybridized carbons (Fsp3) is 0.0769. The van der Waals surface area contributed by atoms with Gasteiger partial charge in [0.15, 0.2) is 0 Å². The van der Waals surface area contributed by atoms with Crippen molar-refractivity contribution in [2.24, 2.45) is 0 Å². The van der Waals surface area contributed by atoms with Crippen molar-refractivity contribution < 1.29 is 9.18 Å². The van der Waals surface area contributed by atoms with Crippen LogP contribution in [0.2, 0.25) is 0 Å². The molecule has 0 aliphatic heterocycles. The number of hydrogen-bond donors (Lipinski definition) is 1. The molecule has 1 heterocycles. The van der Waals surface area contributed by atoms with Gasteiger partial charge in [0, 0.05) is 10.7 Å². The average Bonchev–Trinajstić information content (AvgIpc) is 2.37. The largest absolute Gasteiger partial charge is 0.346 e. The molecule has 2 aromatic rings. The Morgan fingerprint density at radius 2 is 2.17 bits per heavy atom. The summed E-state index contributed by atoms with van der Waals surface area (Å²) in [6.45, 7) is 0.337. The highest BCUT2D eigenvalue weighted by Crippen LogP contribution is 2.17. The van der Waals surface area contributed by atoms with E-state index in [0.29, 0.717) is 16.6 Å². The van der Waals surface area contributed by atoms with E-state index in [1.165, 1.54) is 18.2 Å². The molecule has 0 saturated carbocycles. The van der Waals surface area contributed by atoms with Gasteiger partial charge in [-0.25, -0.2) is 4.39 Å². The van der Waals surface area contributed by atoms with Gasteiger partial charge < -0.3 is 5.32 Å². The first-order chi connectivity index (χ1) is 8.66. The molecule has 0 saturated heterocycles. The molecule has 1 aromatic carbocycles. The van der Waals surface area contributed by atoms with Gasteiger partial charge in [-0.15, -0.1) is 0 Å². The molecule has 3 nitrogen and oxygen atoms in total. The molecule has 1 aromatic heterocycles. The summed E-state index contributed by atoms with van der Waals surface area (Å²) in [5.74, 6) is -0.657. The Labute approximate surface area is 112 Å². The molecule has 0 aliphatic carbocycles. The van der Waals surface area contributed by atoms with Gasteiger partial charge in [-0.3, -0.25) is 9.78 Å². The number of benzene rings is 1. The van der Waals surface area contributed by atoms with Crippen molar-refractivity contribution in [2.75, 3.05) is 0 Å². The number of aromatic nitrogens is 1. The second-order valence-corrected chi connectivity index (χ2v) is 4.48. The van der Waals surface area contributed by atoms with Crippen molar-refractivity contribution >= 4 is 21.8 Å². The molecule has 0 unspecified atom stereocenters. The minimum Gasteiger partial charge on any atom is -0.346 e. The predicted molar refractivity (Wildman–Crippen MR) is 69.5 cm³/mol. The maximum atomic E-state index is 12.9. The Bertz CT molecular complexity index is 560. The molecule has 0 aliphatic rings. The van der Waals surface area contributed by atoms with E-state index in [0.717, 1.165) is 5.69 Å². The van der Waals surface area contributed by atoms with Gasteiger partial charge in [0.1, 0.15) is 5.82 Å². The molecule has 5 heteroatoms. The summed E-state index contributed by atoms with van der Waals surface area (Å²) in [4.78, 5) is 16.0. The Morgan fingerprint density at radius 3 is 2.83 bits per heavy atom. The number of nitrogens with one attached hydrogen (secondary N) is 1. The average molecular weight is 309 g/mol. The number of carbonyl (C=O) groups is 1. The normalized spacial score (nSPS) is 10.1. The molecule has 0 bridgehead atoms. The van der Waals surface area contributed by atoms with Gasteiger partial charge >= 0.3 is 0 Å². The summed E-state index contributed by atoms with van der Waals surface area (Å²) in [5.41, 5.74) is 1.16. The smallest absolute Gasteiger partial charge is 0.252 e. The van der Waals surface area contributed by atoms with Crippen LogP contribution in [-0.2, 0) is 6.54 Å². The summed E-state index contributed by atoms with van der Waals surface area (Å²) >= 11 is 3.16. The van der Waals surface area contributed by atoms with E-state index in [9.17, 15) is 9.18 Å². The van der Waals surface area contributed by atoms with E-state index >= 15 is 0 Å². The molecule has 1 N–H and O–H groups in total. The number of rotatable bonds is 3. The highest BCUT2D eigenvalue weighted by atomic mass is 79.9. The summed E-state index contributed by atoms with van der Waals surface area (Å²) in [6.07, 6.45) is 1.66. The third-order valence-electron chi connectivity index (χ3n) is 2.33. The molecule has 1 amide bonds. The number of nitrogens with zero attached hydrogens (tertiary/aromatic N) is 1. The third-order valence-corrected chi connectivity index (χ3v) is 2.99. The second-order valence-electron chi connectivity index (χ2n) is 3.63. The molecule has 0 fully saturated rings. The molecule has 0 spiro atoms. The van der Waals surface area contributed by atoms with E-state index in [2.05, 4.69) is 26.2 Å². The highest BCUT2D eigenvalue weighted by Gasteiger charge is 2.10. The van der Waals surface area contributed by atoms with Crippen LogP contribution in [0.3, 0.4) is 0 Å². The Hall–Kier alpha value is -1.75. The van der Waals surface area contributed by atoms with Gasteiger partial charge in [0.2, 0.25) is 0 Å². The Balaban J connectivity index is 2.04. The Kier molecular flexibility index (Phi) is 4.04. The first-order valence-electron chi connectivity index (χ1n) is 5.30. The monoisotopic (exact) mass is 308 g/mol. The summed E-state index contributed by atoms with van der Waals surface area (Å²) in [5, 5.41) is 2.72. The van der Waals surface area contributed by atoms with E-state index in [1.807, 2.05) is 18.2 Å². The van der Waals surface area contributed by atoms with Crippen LogP contribution in [0.15, 0.2) is 47.1 Å². The summed E-state index contributed by atoms with van der Waals surface area (Å²) < 4.78 is 13.3. The van der Waals surface area contributed by atoms with Crippen molar-refractivity contribution in [3.63, 3.8) is 0 Å². The van der Waals surface area contributed by atoms with E-state index in [1.54, 1.807) is 6.20 Å². The van der Waals surface area contributed by atoms with E-state index in [4.69, 9.17) is 0 Å². The first kappa shape index (κ1) is 12.7. The Morgan fingerprint density at radius 1 is 1.33 bits per heavy atom. The molecule has 0 atom stereocenters. The fourth-order valence-corrected chi connectivity index (χ4v) is 1.97. The maximum absolute atomic E-state index is 12.9. The minimum atomic E-state index is -0.386. The number of hydrogen-bond acceptors (Lipinski definition) is 2. The number of carbonyl (C=O) groups excluding carboxylic acids is 1. The number of pyridine rings is 1. The van der Waals surface area contributed by atoms with Gasteiger partial charge in [-0.05, 0) is 46.3 Å². The lowest BCUT2D eigenvalue weighted by atomic mass is 10.2. The quantitative estimate of drug-likeness (QED) is 0.947. The van der Waals surface area contributed by atoms with Crippen LogP contribution >= 0.6 is 15.9 Å². The first-order valence-corrected chi connectivity index (χ1v) is 6.09. The second kappa shape index (κ2) is 5.73. The molecule has 92 valence electrons. The third kappa shape index (κ3) is 3.13. The number of amides is 1. The van der Waals surface area contributed by atoms with Crippen LogP contribution < -0.4 is 5.32 Å². The van der Waals surface area contributed by atoms with Crippen LogP contribution in [0.4, 0.5) is 4.39 Å². The van der Waals surface area contributed by atoms with E-state index < -0.39 is 0 Å². The van der Waals surface area contributed by atoms with Crippen LogP contribution in [0, 0.1) is 5.82 Å². The molecule has 2 rings (SSSR count). The zero-order valence-electron chi connectivity index (χ0n) is 9.36. The lowest BCUT2D eigenvalue weighted by molar-refractivity contribution is 0.0949. The standard InChI is InChI=1S/C13H10BrFN2O/c14-12-7-9(15)4-5-11(12)13(18)17-8-10-3-1-2-6-16-10/h1-7H,8H2,(H,17,18). The lowest BCUT2D eigenvalue weighted by Crippen LogP contribution is -2.23. The van der Waals surface area contributed by atoms with Crippen LogP contribution in [-0.4, -0.2) is 10.9 Å². The van der Waals surface area contributed by atoms with Gasteiger partial charge in [-0.1, -0.05) is 6.07 Å². The number of halogens is 2. The predicted octanol–water partition coefficient (Wildman–Crippen LogP) is 2.91. The SMILES string of the molecule is O=C(NCc1ccccn1)c1ccc(F)cc1Br. The maximum Gasteiger partial charge on any atom is 0.252 e.